The molecule has 0 aliphatic carbocycles. The number of β-amino-alcohol motifs (C(OH)–C–C–N with tert-alkyl or cyclic N) is 1. The number of piperidine rings is 2. The molecule has 1 unspecified atom stereocenters. The predicted molar refractivity (Wildman–Crippen MR) is 92.9 cm³/mol. The Kier molecular flexibility index (Phi) is 6.51. The molecule has 2 heterocycles. The first-order valence-corrected chi connectivity index (χ1v) is 9.28. The van der Waals surface area contributed by atoms with E-state index in [1.807, 2.05) is 20.8 Å². The topological polar surface area (TPSA) is 73.2 Å². The van der Waals surface area contributed by atoms with Crippen molar-refractivity contribution < 1.29 is 19.7 Å². The van der Waals surface area contributed by atoms with Gasteiger partial charge in [-0.1, -0.05) is 6.42 Å². The van der Waals surface area contributed by atoms with Gasteiger partial charge in [-0.05, 0) is 59.4 Å². The first-order valence-electron chi connectivity index (χ1n) is 9.28. The lowest BCUT2D eigenvalue weighted by Gasteiger charge is -2.44. The number of ether oxygens (including phenoxy) is 1. The van der Waals surface area contributed by atoms with Crippen molar-refractivity contribution in [2.45, 2.75) is 76.5 Å². The zero-order valence-electron chi connectivity index (χ0n) is 15.5. The molecule has 0 aromatic rings. The second-order valence-electron chi connectivity index (χ2n) is 8.32. The maximum Gasteiger partial charge on any atom is 0.410 e. The summed E-state index contributed by atoms with van der Waals surface area (Å²) in [4.78, 5) is 16.2. The third-order valence-electron chi connectivity index (χ3n) is 5.05. The molecule has 2 aliphatic rings. The van der Waals surface area contributed by atoms with Crippen LogP contribution in [0.4, 0.5) is 4.79 Å². The SMILES string of the molecule is CC(C)(C)OC(=O)N1CCC(O)(CN2CCCCC2CCO)CC1. The standard InChI is InChI=1S/C18H34N2O4/c1-17(2,3)24-16(22)19-11-8-18(23,9-12-19)14-20-10-5-4-6-15(20)7-13-21/h15,21,23H,4-14H2,1-3H3. The number of aliphatic hydroxyl groups excluding tert-OH is 1. The molecule has 6 heteroatoms. The quantitative estimate of drug-likeness (QED) is 0.817. The molecule has 2 saturated heterocycles. The van der Waals surface area contributed by atoms with Crippen molar-refractivity contribution in [2.75, 3.05) is 32.8 Å². The van der Waals surface area contributed by atoms with Gasteiger partial charge < -0.3 is 19.8 Å². The molecule has 0 aromatic carbocycles. The van der Waals surface area contributed by atoms with E-state index in [-0.39, 0.29) is 12.7 Å². The third-order valence-corrected chi connectivity index (χ3v) is 5.05. The molecule has 2 N–H and O–H groups in total. The molecule has 0 bridgehead atoms. The number of nitrogens with zero attached hydrogens (tertiary/aromatic N) is 2. The van der Waals surface area contributed by atoms with Crippen LogP contribution in [0.5, 0.6) is 0 Å². The van der Waals surface area contributed by atoms with Crippen LogP contribution in [0.25, 0.3) is 0 Å². The fourth-order valence-corrected chi connectivity index (χ4v) is 3.71. The number of rotatable bonds is 4. The zero-order valence-corrected chi connectivity index (χ0v) is 15.5. The number of aliphatic hydroxyl groups is 2. The Bertz CT molecular complexity index is 412. The van der Waals surface area contributed by atoms with E-state index in [1.54, 1.807) is 4.90 Å². The van der Waals surface area contributed by atoms with E-state index in [0.29, 0.717) is 38.5 Å². The maximum absolute atomic E-state index is 12.1. The smallest absolute Gasteiger partial charge is 0.410 e. The second-order valence-corrected chi connectivity index (χ2v) is 8.32. The summed E-state index contributed by atoms with van der Waals surface area (Å²) in [5.41, 5.74) is -1.24. The average molecular weight is 342 g/mol. The lowest BCUT2D eigenvalue weighted by Crippen LogP contribution is -2.55. The van der Waals surface area contributed by atoms with Crippen molar-refractivity contribution >= 4 is 6.09 Å². The highest BCUT2D eigenvalue weighted by Crippen LogP contribution is 2.28. The summed E-state index contributed by atoms with van der Waals surface area (Å²) in [7, 11) is 0. The van der Waals surface area contributed by atoms with E-state index in [0.717, 1.165) is 25.8 Å². The van der Waals surface area contributed by atoms with Gasteiger partial charge in [0.1, 0.15) is 5.60 Å². The molecular formula is C18H34N2O4. The Balaban J connectivity index is 1.86. The fraction of sp³-hybridized carbons (Fsp3) is 0.944. The van der Waals surface area contributed by atoms with Crippen molar-refractivity contribution in [1.29, 1.82) is 0 Å². The van der Waals surface area contributed by atoms with E-state index < -0.39 is 11.2 Å². The van der Waals surface area contributed by atoms with Gasteiger partial charge in [-0.25, -0.2) is 4.79 Å². The van der Waals surface area contributed by atoms with Crippen LogP contribution in [0, 0.1) is 0 Å². The Labute approximate surface area is 145 Å². The summed E-state index contributed by atoms with van der Waals surface area (Å²) < 4.78 is 5.41. The minimum Gasteiger partial charge on any atom is -0.444 e. The highest BCUT2D eigenvalue weighted by Gasteiger charge is 2.38. The van der Waals surface area contributed by atoms with Crippen LogP contribution < -0.4 is 0 Å². The van der Waals surface area contributed by atoms with Gasteiger partial charge in [0.15, 0.2) is 0 Å². The lowest BCUT2D eigenvalue weighted by molar-refractivity contribution is -0.0624. The molecule has 0 radical (unpaired) electrons. The molecule has 0 saturated carbocycles. The van der Waals surface area contributed by atoms with Crippen LogP contribution in [0.2, 0.25) is 0 Å². The van der Waals surface area contributed by atoms with E-state index in [2.05, 4.69) is 4.90 Å². The fourth-order valence-electron chi connectivity index (χ4n) is 3.71. The Morgan fingerprint density at radius 1 is 1.21 bits per heavy atom. The van der Waals surface area contributed by atoms with Gasteiger partial charge in [0.05, 0.1) is 5.60 Å². The Hall–Kier alpha value is -0.850. The van der Waals surface area contributed by atoms with Crippen LogP contribution in [0.15, 0.2) is 0 Å². The maximum atomic E-state index is 12.1. The summed E-state index contributed by atoms with van der Waals surface area (Å²) in [5, 5.41) is 20.2. The predicted octanol–water partition coefficient (Wildman–Crippen LogP) is 1.99. The molecule has 140 valence electrons. The number of hydrogen-bond donors (Lipinski definition) is 2. The molecular weight excluding hydrogens is 308 g/mol. The van der Waals surface area contributed by atoms with Crippen molar-refractivity contribution in [3.8, 4) is 0 Å². The van der Waals surface area contributed by atoms with Crippen LogP contribution in [0.3, 0.4) is 0 Å². The first-order chi connectivity index (χ1) is 11.2. The summed E-state index contributed by atoms with van der Waals surface area (Å²) in [5.74, 6) is 0. The number of likely N-dealkylation sites (tertiary alicyclic amines) is 2. The zero-order chi connectivity index (χ0) is 17.8. The minimum absolute atomic E-state index is 0.200. The molecule has 0 aromatic heterocycles. The molecule has 24 heavy (non-hydrogen) atoms. The number of hydrogen-bond acceptors (Lipinski definition) is 5. The van der Waals surface area contributed by atoms with Crippen molar-refractivity contribution in [3.05, 3.63) is 0 Å². The van der Waals surface area contributed by atoms with Gasteiger partial charge in [0, 0.05) is 32.3 Å². The molecule has 1 atom stereocenters. The second kappa shape index (κ2) is 8.02. The summed E-state index contributed by atoms with van der Waals surface area (Å²) in [6.07, 6.45) is 5.10. The lowest BCUT2D eigenvalue weighted by atomic mass is 9.88. The van der Waals surface area contributed by atoms with Gasteiger partial charge in [0.25, 0.3) is 0 Å². The Morgan fingerprint density at radius 3 is 2.46 bits per heavy atom. The minimum atomic E-state index is -0.746. The third kappa shape index (κ3) is 5.60. The van der Waals surface area contributed by atoms with Gasteiger partial charge >= 0.3 is 6.09 Å². The van der Waals surface area contributed by atoms with Gasteiger partial charge in [-0.2, -0.15) is 0 Å². The van der Waals surface area contributed by atoms with E-state index in [4.69, 9.17) is 4.74 Å². The highest BCUT2D eigenvalue weighted by atomic mass is 16.6. The van der Waals surface area contributed by atoms with Gasteiger partial charge in [-0.3, -0.25) is 4.90 Å². The largest absolute Gasteiger partial charge is 0.444 e. The van der Waals surface area contributed by atoms with Crippen molar-refractivity contribution in [3.63, 3.8) is 0 Å². The number of amides is 1. The number of carbonyl (C=O) groups is 1. The summed E-state index contributed by atoms with van der Waals surface area (Å²) in [6.45, 7) is 8.48. The molecule has 1 amide bonds. The van der Waals surface area contributed by atoms with E-state index >= 15 is 0 Å². The first kappa shape index (κ1) is 19.5. The highest BCUT2D eigenvalue weighted by molar-refractivity contribution is 5.68. The van der Waals surface area contributed by atoms with Crippen molar-refractivity contribution in [2.24, 2.45) is 0 Å². The van der Waals surface area contributed by atoms with Crippen LogP contribution in [0.1, 0.15) is 59.3 Å². The average Bonchev–Trinajstić information content (AvgIpc) is 2.48. The van der Waals surface area contributed by atoms with Crippen molar-refractivity contribution in [1.82, 2.24) is 9.80 Å². The van der Waals surface area contributed by atoms with Gasteiger partial charge in [0.2, 0.25) is 0 Å². The Morgan fingerprint density at radius 2 is 1.88 bits per heavy atom. The summed E-state index contributed by atoms with van der Waals surface area (Å²) >= 11 is 0. The van der Waals surface area contributed by atoms with Crippen LogP contribution in [-0.4, -0.2) is 76.1 Å². The van der Waals surface area contributed by atoms with E-state index in [1.165, 1.54) is 6.42 Å². The molecule has 0 spiro atoms. The van der Waals surface area contributed by atoms with Crippen LogP contribution >= 0.6 is 0 Å². The van der Waals surface area contributed by atoms with Crippen LogP contribution in [-0.2, 0) is 4.74 Å². The molecule has 6 nitrogen and oxygen atoms in total. The normalized spacial score (nSPS) is 25.5. The molecule has 2 fully saturated rings. The molecule has 2 aliphatic heterocycles. The van der Waals surface area contributed by atoms with E-state index in [9.17, 15) is 15.0 Å². The number of carbonyl (C=O) groups excluding carboxylic acids is 1. The monoisotopic (exact) mass is 342 g/mol. The molecule has 2 rings (SSSR count). The van der Waals surface area contributed by atoms with Gasteiger partial charge in [-0.15, -0.1) is 0 Å². The summed E-state index contributed by atoms with van der Waals surface area (Å²) in [6, 6.07) is 0.372.